The van der Waals surface area contributed by atoms with Gasteiger partial charge < -0.3 is 15.0 Å². The van der Waals surface area contributed by atoms with E-state index in [9.17, 15) is 14.3 Å². The van der Waals surface area contributed by atoms with E-state index in [4.69, 9.17) is 35.1 Å². The van der Waals surface area contributed by atoms with Gasteiger partial charge in [0.05, 0.1) is 46.3 Å². The fourth-order valence-corrected chi connectivity index (χ4v) is 6.03. The highest BCUT2D eigenvalue weighted by molar-refractivity contribution is 6.56. The number of fused-ring (bicyclic) bond motifs is 1. The second-order valence-corrected chi connectivity index (χ2v) is 10.2. The van der Waals surface area contributed by atoms with Crippen LogP contribution in [0.25, 0.3) is 0 Å². The number of nitrogens with one attached hydrogen (secondary N) is 1. The quantitative estimate of drug-likeness (QED) is 0.542. The number of rotatable bonds is 5. The third kappa shape index (κ3) is 4.33. The van der Waals surface area contributed by atoms with E-state index in [1.54, 1.807) is 24.0 Å². The zero-order valence-corrected chi connectivity index (χ0v) is 19.9. The van der Waals surface area contributed by atoms with E-state index in [1.807, 2.05) is 0 Å². The molecule has 2 unspecified atom stereocenters. The second-order valence-electron chi connectivity index (χ2n) is 9.82. The molecule has 2 saturated carbocycles. The van der Waals surface area contributed by atoms with Crippen LogP contribution in [-0.2, 0) is 17.9 Å². The van der Waals surface area contributed by atoms with E-state index in [-0.39, 0.29) is 28.7 Å². The van der Waals surface area contributed by atoms with Gasteiger partial charge in [-0.25, -0.2) is 9.37 Å². The predicted molar refractivity (Wildman–Crippen MR) is 132 cm³/mol. The summed E-state index contributed by atoms with van der Waals surface area (Å²) >= 11 is 5.85. The van der Waals surface area contributed by atoms with Gasteiger partial charge in [-0.3, -0.25) is 9.48 Å². The molecule has 1 amide bonds. The molecule has 12 heteroatoms. The number of halogens is 2. The molecule has 2 atom stereocenters. The lowest BCUT2D eigenvalue weighted by Crippen LogP contribution is -2.41. The number of aliphatic hydroxyl groups is 1. The van der Waals surface area contributed by atoms with Crippen LogP contribution in [0.5, 0.6) is 0 Å². The Labute approximate surface area is 211 Å². The van der Waals surface area contributed by atoms with Gasteiger partial charge in [0.15, 0.2) is 0 Å². The van der Waals surface area contributed by atoms with Gasteiger partial charge in [0.2, 0.25) is 0 Å². The Morgan fingerprint density at radius 2 is 1.94 bits per heavy atom. The SMILES string of the molecule is [B]C([B])([B])n1nccc1C1(O)CC2CC(c3ncn(C)c3C(=O)Nc3ccc(F)c(Cl)c3)CC2C1. The van der Waals surface area contributed by atoms with Crippen LogP contribution in [0, 0.1) is 17.7 Å². The molecule has 3 aromatic rings. The van der Waals surface area contributed by atoms with Crippen LogP contribution < -0.4 is 5.32 Å². The minimum absolute atomic E-state index is 0.0656. The molecule has 1 aromatic carbocycles. The first kappa shape index (κ1) is 24.2. The van der Waals surface area contributed by atoms with Gasteiger partial charge in [0.1, 0.15) is 17.1 Å². The predicted octanol–water partition coefficient (Wildman–Crippen LogP) is 2.53. The van der Waals surface area contributed by atoms with E-state index in [0.717, 1.165) is 12.8 Å². The van der Waals surface area contributed by atoms with Crippen molar-refractivity contribution in [3.8, 4) is 0 Å². The lowest BCUT2D eigenvalue weighted by Gasteiger charge is -2.32. The standard InChI is InChI=1S/C23H22B3ClFN5O2/c1-32-11-29-19(20(32)21(34)31-15-2-3-17(28)16(27)8-15)12-6-13-9-22(35,10-14(13)7-12)18-4-5-30-33(18)23(24,25)26/h2-5,8,11-14,35H,6-7,9-10H2,1H3,(H,31,34). The molecule has 2 N–H and O–H groups in total. The molecule has 35 heavy (non-hydrogen) atoms. The molecule has 2 aromatic heterocycles. The number of amides is 1. The van der Waals surface area contributed by atoms with E-state index >= 15 is 0 Å². The van der Waals surface area contributed by atoms with Crippen LogP contribution in [0.3, 0.4) is 0 Å². The average molecular weight is 487 g/mol. The number of carbonyl (C=O) groups is 1. The molecular formula is C23H22B3ClFN5O2. The number of aromatic nitrogens is 4. The first-order valence-electron chi connectivity index (χ1n) is 11.4. The summed E-state index contributed by atoms with van der Waals surface area (Å²) in [4.78, 5) is 17.7. The molecule has 0 spiro atoms. The molecule has 0 aliphatic heterocycles. The van der Waals surface area contributed by atoms with E-state index in [0.29, 0.717) is 35.6 Å². The normalized spacial score (nSPS) is 26.1. The Hall–Kier alpha value is -2.52. The molecule has 2 aliphatic rings. The smallest absolute Gasteiger partial charge is 0.274 e. The topological polar surface area (TPSA) is 85.0 Å². The van der Waals surface area contributed by atoms with Crippen molar-refractivity contribution in [2.45, 2.75) is 42.4 Å². The Kier molecular flexibility index (Phi) is 5.91. The fraction of sp³-hybridized carbons (Fsp3) is 0.435. The molecule has 2 heterocycles. The van der Waals surface area contributed by atoms with Gasteiger partial charge in [-0.05, 0) is 67.0 Å². The third-order valence-corrected chi connectivity index (χ3v) is 7.56. The number of benzene rings is 1. The van der Waals surface area contributed by atoms with Crippen molar-refractivity contribution in [1.82, 2.24) is 19.3 Å². The van der Waals surface area contributed by atoms with Gasteiger partial charge in [-0.2, -0.15) is 5.10 Å². The Bertz CT molecular complexity index is 1280. The van der Waals surface area contributed by atoms with Crippen molar-refractivity contribution < 1.29 is 14.3 Å². The zero-order chi connectivity index (χ0) is 25.1. The van der Waals surface area contributed by atoms with Crippen molar-refractivity contribution in [3.05, 3.63) is 64.7 Å². The molecule has 2 fully saturated rings. The molecule has 6 radical (unpaired) electrons. The van der Waals surface area contributed by atoms with Crippen LogP contribution >= 0.6 is 11.6 Å². The summed E-state index contributed by atoms with van der Waals surface area (Å²) in [5.41, 5.74) is 0.932. The van der Waals surface area contributed by atoms with Crippen LogP contribution in [0.15, 0.2) is 36.8 Å². The summed E-state index contributed by atoms with van der Waals surface area (Å²) in [6.45, 7) is 0. The largest absolute Gasteiger partial charge is 0.384 e. The Morgan fingerprint density at radius 3 is 2.57 bits per heavy atom. The summed E-state index contributed by atoms with van der Waals surface area (Å²) in [5.74, 6) is -0.377. The van der Waals surface area contributed by atoms with Gasteiger partial charge in [0, 0.05) is 24.8 Å². The van der Waals surface area contributed by atoms with Gasteiger partial charge in [-0.15, -0.1) is 0 Å². The summed E-state index contributed by atoms with van der Waals surface area (Å²) in [5, 5.41) is 16.6. The Morgan fingerprint density at radius 1 is 1.26 bits per heavy atom. The van der Waals surface area contributed by atoms with Crippen molar-refractivity contribution in [3.63, 3.8) is 0 Å². The minimum atomic E-state index is -1.71. The van der Waals surface area contributed by atoms with Crippen molar-refractivity contribution >= 4 is 46.7 Å². The van der Waals surface area contributed by atoms with Crippen LogP contribution in [-0.4, -0.2) is 53.9 Å². The summed E-state index contributed by atoms with van der Waals surface area (Å²) in [7, 11) is 19.3. The molecular weight excluding hydrogens is 465 g/mol. The first-order chi connectivity index (χ1) is 16.5. The number of aryl methyl sites for hydroxylation is 1. The highest BCUT2D eigenvalue weighted by Gasteiger charge is 2.52. The van der Waals surface area contributed by atoms with E-state index in [1.165, 1.54) is 29.1 Å². The molecule has 2 aliphatic carbocycles. The van der Waals surface area contributed by atoms with Gasteiger partial charge in [0.25, 0.3) is 5.91 Å². The third-order valence-electron chi connectivity index (χ3n) is 7.27. The van der Waals surface area contributed by atoms with Crippen molar-refractivity contribution in [2.24, 2.45) is 18.9 Å². The lowest BCUT2D eigenvalue weighted by atomic mass is 9.49. The van der Waals surface area contributed by atoms with E-state index in [2.05, 4.69) is 15.4 Å². The molecule has 0 saturated heterocycles. The number of anilines is 1. The van der Waals surface area contributed by atoms with Crippen LogP contribution in [0.2, 0.25) is 5.02 Å². The van der Waals surface area contributed by atoms with Gasteiger partial charge in [-0.1, -0.05) is 11.6 Å². The van der Waals surface area contributed by atoms with Crippen LogP contribution in [0.1, 0.15) is 53.5 Å². The Balaban J connectivity index is 1.33. The maximum absolute atomic E-state index is 13.5. The van der Waals surface area contributed by atoms with E-state index < -0.39 is 16.7 Å². The van der Waals surface area contributed by atoms with Crippen molar-refractivity contribution in [2.75, 3.05) is 5.32 Å². The van der Waals surface area contributed by atoms with Crippen molar-refractivity contribution in [1.29, 1.82) is 0 Å². The number of nitrogens with zero attached hydrogens (tertiary/aromatic N) is 4. The number of hydrogen-bond donors (Lipinski definition) is 2. The molecule has 5 rings (SSSR count). The average Bonchev–Trinajstić information content (AvgIpc) is 3.52. The summed E-state index contributed by atoms with van der Waals surface area (Å²) in [6, 6.07) is 5.73. The second kappa shape index (κ2) is 8.55. The first-order valence-corrected chi connectivity index (χ1v) is 11.8. The van der Waals surface area contributed by atoms with Crippen LogP contribution in [0.4, 0.5) is 10.1 Å². The number of hydrogen-bond acceptors (Lipinski definition) is 4. The fourth-order valence-electron chi connectivity index (χ4n) is 5.85. The maximum Gasteiger partial charge on any atom is 0.274 e. The molecule has 7 nitrogen and oxygen atoms in total. The lowest BCUT2D eigenvalue weighted by molar-refractivity contribution is 0.0253. The van der Waals surface area contributed by atoms with Gasteiger partial charge >= 0.3 is 0 Å². The zero-order valence-electron chi connectivity index (χ0n) is 19.2. The maximum atomic E-state index is 13.5. The summed E-state index contributed by atoms with van der Waals surface area (Å²) in [6.07, 6.45) is 5.73. The number of carbonyl (C=O) groups excluding carboxylic acids is 1. The number of imidazole rings is 1. The molecule has 174 valence electrons. The minimum Gasteiger partial charge on any atom is -0.384 e. The summed E-state index contributed by atoms with van der Waals surface area (Å²) < 4.78 is 16.4. The monoisotopic (exact) mass is 487 g/mol. The molecule has 0 bridgehead atoms. The highest BCUT2D eigenvalue weighted by atomic mass is 35.5. The highest BCUT2D eigenvalue weighted by Crippen LogP contribution is 2.57.